The van der Waals surface area contributed by atoms with Gasteiger partial charge in [-0.3, -0.25) is 9.79 Å². The molecule has 0 spiro atoms. The van der Waals surface area contributed by atoms with E-state index in [-0.39, 0.29) is 35.9 Å². The lowest BCUT2D eigenvalue weighted by Gasteiger charge is -2.33. The molecule has 3 fully saturated rings. The van der Waals surface area contributed by atoms with E-state index in [2.05, 4.69) is 15.2 Å². The predicted octanol–water partition coefficient (Wildman–Crippen LogP) is 3.03. The number of esters is 1. The number of aliphatic imine (C=N–C) groups is 1. The third kappa shape index (κ3) is 4.76. The van der Waals surface area contributed by atoms with Crippen LogP contribution in [-0.4, -0.2) is 50.1 Å². The highest BCUT2D eigenvalue weighted by Crippen LogP contribution is 2.44. The Bertz CT molecular complexity index is 444. The summed E-state index contributed by atoms with van der Waals surface area (Å²) in [5.74, 6) is 2.82. The predicted molar refractivity (Wildman–Crippen MR) is 107 cm³/mol. The van der Waals surface area contributed by atoms with Crippen LogP contribution in [0.25, 0.3) is 0 Å². The average Bonchev–Trinajstić information content (AvgIpc) is 3.39. The Morgan fingerprint density at radius 1 is 1.12 bits per heavy atom. The van der Waals surface area contributed by atoms with Gasteiger partial charge < -0.3 is 15.0 Å². The molecule has 0 aromatic heterocycles. The van der Waals surface area contributed by atoms with Gasteiger partial charge in [-0.1, -0.05) is 32.1 Å². The summed E-state index contributed by atoms with van der Waals surface area (Å²) in [5.41, 5.74) is 0. The van der Waals surface area contributed by atoms with Gasteiger partial charge in [0.2, 0.25) is 0 Å². The van der Waals surface area contributed by atoms with Gasteiger partial charge in [-0.25, -0.2) is 0 Å². The summed E-state index contributed by atoms with van der Waals surface area (Å²) < 4.78 is 4.86. The molecular formula is C18H32IN3O2. The smallest absolute Gasteiger partial charge is 0.308 e. The monoisotopic (exact) mass is 449 g/mol. The lowest BCUT2D eigenvalue weighted by atomic mass is 9.85. The Hall–Kier alpha value is -0.530. The SMILES string of the molecule is CN=C(NC1CC1C1CCCCC1)N1CCC(C(=O)OC)CC1.I. The van der Waals surface area contributed by atoms with Crippen molar-refractivity contribution in [2.45, 2.75) is 57.4 Å². The molecule has 0 aromatic rings. The number of carbonyl (C=O) groups is 1. The first-order valence-electron chi connectivity index (χ1n) is 9.29. The Morgan fingerprint density at radius 3 is 2.38 bits per heavy atom. The highest BCUT2D eigenvalue weighted by atomic mass is 127. The van der Waals surface area contributed by atoms with Gasteiger partial charge in [-0.15, -0.1) is 24.0 Å². The second-order valence-corrected chi connectivity index (χ2v) is 7.38. The lowest BCUT2D eigenvalue weighted by Crippen LogP contribution is -2.47. The third-order valence-corrected chi connectivity index (χ3v) is 5.95. The third-order valence-electron chi connectivity index (χ3n) is 5.95. The average molecular weight is 449 g/mol. The van der Waals surface area contributed by atoms with Crippen molar-refractivity contribution in [1.82, 2.24) is 10.2 Å². The van der Waals surface area contributed by atoms with Crippen LogP contribution in [0.4, 0.5) is 0 Å². The fourth-order valence-corrected chi connectivity index (χ4v) is 4.42. The molecule has 2 atom stereocenters. The molecule has 2 unspecified atom stereocenters. The fourth-order valence-electron chi connectivity index (χ4n) is 4.42. The lowest BCUT2D eigenvalue weighted by molar-refractivity contribution is -0.146. The fraction of sp³-hybridized carbons (Fsp3) is 0.889. The van der Waals surface area contributed by atoms with Crippen LogP contribution in [0.15, 0.2) is 4.99 Å². The first-order chi connectivity index (χ1) is 11.2. The Morgan fingerprint density at radius 2 is 1.79 bits per heavy atom. The molecule has 0 bridgehead atoms. The van der Waals surface area contributed by atoms with Gasteiger partial charge in [-0.05, 0) is 31.1 Å². The number of likely N-dealkylation sites (tertiary alicyclic amines) is 1. The zero-order valence-corrected chi connectivity index (χ0v) is 17.3. The van der Waals surface area contributed by atoms with E-state index in [0.717, 1.165) is 43.7 Å². The number of methoxy groups -OCH3 is 1. The number of nitrogens with one attached hydrogen (secondary N) is 1. The van der Waals surface area contributed by atoms with Crippen LogP contribution in [0.3, 0.4) is 0 Å². The quantitative estimate of drug-likeness (QED) is 0.312. The van der Waals surface area contributed by atoms with Crippen LogP contribution in [0.1, 0.15) is 51.4 Å². The molecule has 3 rings (SSSR count). The summed E-state index contributed by atoms with van der Waals surface area (Å²) in [6.45, 7) is 1.78. The molecule has 1 N–H and O–H groups in total. The van der Waals surface area contributed by atoms with Crippen molar-refractivity contribution in [2.75, 3.05) is 27.2 Å². The van der Waals surface area contributed by atoms with Gasteiger partial charge in [0.05, 0.1) is 13.0 Å². The summed E-state index contributed by atoms with van der Waals surface area (Å²) in [7, 11) is 3.35. The van der Waals surface area contributed by atoms with Gasteiger partial charge in [0.1, 0.15) is 0 Å². The van der Waals surface area contributed by atoms with Gasteiger partial charge in [-0.2, -0.15) is 0 Å². The second-order valence-electron chi connectivity index (χ2n) is 7.38. The second kappa shape index (κ2) is 9.25. The summed E-state index contributed by atoms with van der Waals surface area (Å²) >= 11 is 0. The van der Waals surface area contributed by atoms with Crippen molar-refractivity contribution in [3.05, 3.63) is 0 Å². The van der Waals surface area contributed by atoms with Crippen molar-refractivity contribution < 1.29 is 9.53 Å². The minimum Gasteiger partial charge on any atom is -0.469 e. The number of ether oxygens (including phenoxy) is 1. The number of carbonyl (C=O) groups excluding carboxylic acids is 1. The molecule has 24 heavy (non-hydrogen) atoms. The van der Waals surface area contributed by atoms with E-state index in [1.54, 1.807) is 0 Å². The summed E-state index contributed by atoms with van der Waals surface area (Å²) in [4.78, 5) is 18.4. The van der Waals surface area contributed by atoms with Crippen molar-refractivity contribution in [2.24, 2.45) is 22.7 Å². The van der Waals surface area contributed by atoms with E-state index < -0.39 is 0 Å². The van der Waals surface area contributed by atoms with E-state index in [4.69, 9.17) is 4.74 Å². The highest BCUT2D eigenvalue weighted by molar-refractivity contribution is 14.0. The molecule has 1 saturated heterocycles. The molecule has 3 aliphatic rings. The normalized spacial score (nSPS) is 28.9. The zero-order valence-electron chi connectivity index (χ0n) is 15.0. The Balaban J connectivity index is 0.00000208. The maximum absolute atomic E-state index is 11.6. The van der Waals surface area contributed by atoms with E-state index >= 15 is 0 Å². The topological polar surface area (TPSA) is 53.9 Å². The van der Waals surface area contributed by atoms with E-state index in [0.29, 0.717) is 6.04 Å². The van der Waals surface area contributed by atoms with Crippen molar-refractivity contribution in [3.63, 3.8) is 0 Å². The van der Waals surface area contributed by atoms with Crippen LogP contribution >= 0.6 is 24.0 Å². The first-order valence-corrected chi connectivity index (χ1v) is 9.29. The number of hydrogen-bond donors (Lipinski definition) is 1. The number of halogens is 1. The minimum atomic E-state index is -0.0628. The van der Waals surface area contributed by atoms with Crippen LogP contribution in [0, 0.1) is 17.8 Å². The largest absolute Gasteiger partial charge is 0.469 e. The zero-order chi connectivity index (χ0) is 16.2. The molecule has 0 radical (unpaired) electrons. The Kier molecular flexibility index (Phi) is 7.62. The maximum atomic E-state index is 11.6. The maximum Gasteiger partial charge on any atom is 0.308 e. The summed E-state index contributed by atoms with van der Waals surface area (Å²) in [5, 5.41) is 3.68. The Labute approximate surface area is 163 Å². The summed E-state index contributed by atoms with van der Waals surface area (Å²) in [6, 6.07) is 0.620. The number of nitrogens with zero attached hydrogens (tertiary/aromatic N) is 2. The highest BCUT2D eigenvalue weighted by Gasteiger charge is 2.44. The molecule has 1 aliphatic heterocycles. The number of hydrogen-bond acceptors (Lipinski definition) is 3. The first kappa shape index (κ1) is 19.8. The minimum absolute atomic E-state index is 0. The van der Waals surface area contributed by atoms with Crippen molar-refractivity contribution in [1.29, 1.82) is 0 Å². The van der Waals surface area contributed by atoms with Crippen LogP contribution < -0.4 is 5.32 Å². The van der Waals surface area contributed by atoms with Gasteiger partial charge in [0.15, 0.2) is 5.96 Å². The van der Waals surface area contributed by atoms with Crippen LogP contribution in [0.5, 0.6) is 0 Å². The van der Waals surface area contributed by atoms with E-state index in [1.165, 1.54) is 45.6 Å². The number of piperidine rings is 1. The number of guanidine groups is 1. The summed E-state index contributed by atoms with van der Waals surface area (Å²) in [6.07, 6.45) is 10.2. The molecule has 2 saturated carbocycles. The van der Waals surface area contributed by atoms with E-state index in [1.807, 2.05) is 7.05 Å². The number of rotatable bonds is 3. The van der Waals surface area contributed by atoms with Crippen molar-refractivity contribution >= 4 is 35.9 Å². The van der Waals surface area contributed by atoms with Gasteiger partial charge in [0, 0.05) is 26.2 Å². The molecule has 0 aromatic carbocycles. The molecular weight excluding hydrogens is 417 g/mol. The van der Waals surface area contributed by atoms with Crippen molar-refractivity contribution in [3.8, 4) is 0 Å². The van der Waals surface area contributed by atoms with Crippen LogP contribution in [-0.2, 0) is 9.53 Å². The van der Waals surface area contributed by atoms with E-state index in [9.17, 15) is 4.79 Å². The van der Waals surface area contributed by atoms with Crippen LogP contribution in [0.2, 0.25) is 0 Å². The molecule has 138 valence electrons. The molecule has 6 heteroatoms. The molecule has 1 heterocycles. The standard InChI is InChI=1S/C18H31N3O2.HI/c1-19-18(21-10-8-14(9-11-21)17(22)23-2)20-16-12-15(16)13-6-4-3-5-7-13;/h13-16H,3-12H2,1-2H3,(H,19,20);1H. The molecule has 2 aliphatic carbocycles. The molecule has 0 amide bonds. The van der Waals surface area contributed by atoms with Gasteiger partial charge in [0.25, 0.3) is 0 Å². The molecule has 5 nitrogen and oxygen atoms in total. The van der Waals surface area contributed by atoms with Gasteiger partial charge >= 0.3 is 5.97 Å².